The number of aryl methyl sites for hydroxylation is 2. The number of amides is 1. The van der Waals surface area contributed by atoms with Gasteiger partial charge in [-0.1, -0.05) is 23.8 Å². The number of carbonyl (C=O) groups excluding carboxylic acids is 1. The number of hydrogen-bond donors (Lipinski definition) is 1. The van der Waals surface area contributed by atoms with Crippen LogP contribution in [0.3, 0.4) is 0 Å². The van der Waals surface area contributed by atoms with E-state index in [9.17, 15) is 4.79 Å². The lowest BCUT2D eigenvalue weighted by molar-refractivity contribution is -0.125. The smallest absolute Gasteiger partial charge is 0.246 e. The summed E-state index contributed by atoms with van der Waals surface area (Å²) in [5, 5.41) is 0. The van der Waals surface area contributed by atoms with Crippen LogP contribution in [0.4, 0.5) is 0 Å². The van der Waals surface area contributed by atoms with Gasteiger partial charge in [0.15, 0.2) is 0 Å². The molecule has 2 N–H and O–H groups in total. The summed E-state index contributed by atoms with van der Waals surface area (Å²) in [6, 6.07) is 6.25. The molecule has 0 spiro atoms. The molecule has 1 aliphatic rings. The Morgan fingerprint density at radius 2 is 2.26 bits per heavy atom. The van der Waals surface area contributed by atoms with E-state index in [0.717, 1.165) is 25.1 Å². The molecule has 0 bridgehead atoms. The van der Waals surface area contributed by atoms with Crippen LogP contribution in [0.25, 0.3) is 6.08 Å². The molecule has 1 saturated heterocycles. The van der Waals surface area contributed by atoms with Crippen LogP contribution in [0.1, 0.15) is 23.1 Å². The molecule has 1 heterocycles. The van der Waals surface area contributed by atoms with Crippen LogP contribution in [0.15, 0.2) is 24.3 Å². The summed E-state index contributed by atoms with van der Waals surface area (Å²) in [5.41, 5.74) is 9.19. The van der Waals surface area contributed by atoms with Crippen molar-refractivity contribution < 1.29 is 4.79 Å². The predicted octanol–water partition coefficient (Wildman–Crippen LogP) is 2.12. The van der Waals surface area contributed by atoms with Crippen LogP contribution >= 0.6 is 0 Å². The van der Waals surface area contributed by atoms with Gasteiger partial charge >= 0.3 is 0 Å². The molecule has 1 amide bonds. The molecule has 19 heavy (non-hydrogen) atoms. The van der Waals surface area contributed by atoms with E-state index in [1.54, 1.807) is 6.08 Å². The van der Waals surface area contributed by atoms with E-state index in [-0.39, 0.29) is 5.91 Å². The zero-order valence-corrected chi connectivity index (χ0v) is 11.7. The van der Waals surface area contributed by atoms with Gasteiger partial charge in [0, 0.05) is 19.2 Å². The molecular weight excluding hydrogens is 236 g/mol. The third-order valence-corrected chi connectivity index (χ3v) is 3.76. The van der Waals surface area contributed by atoms with Gasteiger partial charge in [0.2, 0.25) is 5.91 Å². The van der Waals surface area contributed by atoms with E-state index in [1.165, 1.54) is 11.1 Å². The molecule has 1 fully saturated rings. The van der Waals surface area contributed by atoms with E-state index in [4.69, 9.17) is 5.73 Å². The fraction of sp³-hybridized carbons (Fsp3) is 0.438. The molecule has 1 aromatic carbocycles. The molecule has 0 aromatic heterocycles. The molecular formula is C16H22N2O. The first kappa shape index (κ1) is 13.8. The van der Waals surface area contributed by atoms with Crippen LogP contribution in [0.2, 0.25) is 0 Å². The summed E-state index contributed by atoms with van der Waals surface area (Å²) in [6.45, 7) is 6.44. The van der Waals surface area contributed by atoms with Gasteiger partial charge in [0.05, 0.1) is 0 Å². The first-order chi connectivity index (χ1) is 9.10. The summed E-state index contributed by atoms with van der Waals surface area (Å²) in [7, 11) is 0. The molecule has 0 radical (unpaired) electrons. The summed E-state index contributed by atoms with van der Waals surface area (Å²) in [5.74, 6) is 0.564. The number of nitrogens with zero attached hydrogens (tertiary/aromatic N) is 1. The molecule has 2 rings (SSSR count). The lowest BCUT2D eigenvalue weighted by atomic mass is 10.1. The zero-order chi connectivity index (χ0) is 13.8. The highest BCUT2D eigenvalue weighted by molar-refractivity contribution is 5.92. The number of carbonyl (C=O) groups is 1. The Morgan fingerprint density at radius 1 is 1.47 bits per heavy atom. The van der Waals surface area contributed by atoms with Crippen molar-refractivity contribution in [3.8, 4) is 0 Å². The van der Waals surface area contributed by atoms with Crippen LogP contribution < -0.4 is 5.73 Å². The van der Waals surface area contributed by atoms with Gasteiger partial charge in [-0.2, -0.15) is 0 Å². The van der Waals surface area contributed by atoms with Crippen molar-refractivity contribution >= 4 is 12.0 Å². The van der Waals surface area contributed by atoms with Crippen LogP contribution in [0.5, 0.6) is 0 Å². The lowest BCUT2D eigenvalue weighted by Crippen LogP contribution is -2.28. The number of benzene rings is 1. The molecule has 0 saturated carbocycles. The van der Waals surface area contributed by atoms with Gasteiger partial charge in [-0.05, 0) is 49.9 Å². The lowest BCUT2D eigenvalue weighted by Gasteiger charge is -2.13. The second-order valence-corrected chi connectivity index (χ2v) is 5.37. The highest BCUT2D eigenvalue weighted by Crippen LogP contribution is 2.16. The minimum Gasteiger partial charge on any atom is -0.339 e. The average Bonchev–Trinajstić information content (AvgIpc) is 2.86. The second kappa shape index (κ2) is 6.02. The van der Waals surface area contributed by atoms with Crippen LogP contribution in [-0.2, 0) is 4.79 Å². The van der Waals surface area contributed by atoms with Gasteiger partial charge in [-0.3, -0.25) is 4.79 Å². The molecule has 0 aliphatic carbocycles. The van der Waals surface area contributed by atoms with Crippen LogP contribution in [-0.4, -0.2) is 30.4 Å². The first-order valence-corrected chi connectivity index (χ1v) is 6.84. The van der Waals surface area contributed by atoms with Gasteiger partial charge in [-0.25, -0.2) is 0 Å². The van der Waals surface area contributed by atoms with Crippen molar-refractivity contribution in [2.75, 3.05) is 19.6 Å². The second-order valence-electron chi connectivity index (χ2n) is 5.37. The van der Waals surface area contributed by atoms with Gasteiger partial charge < -0.3 is 10.6 Å². The normalized spacial score (nSPS) is 19.3. The standard InChI is InChI=1S/C16H22N2O/c1-12-3-4-15(13(2)9-12)5-6-16(19)18-8-7-14(10-17)11-18/h3-6,9,14H,7-8,10-11,17H2,1-2H3. The van der Waals surface area contributed by atoms with Gasteiger partial charge in [0.1, 0.15) is 0 Å². The Morgan fingerprint density at radius 3 is 2.89 bits per heavy atom. The van der Waals surface area contributed by atoms with E-state index in [2.05, 4.69) is 32.0 Å². The molecule has 1 unspecified atom stereocenters. The Balaban J connectivity index is 2.00. The van der Waals surface area contributed by atoms with Gasteiger partial charge in [-0.15, -0.1) is 0 Å². The van der Waals surface area contributed by atoms with E-state index in [1.807, 2.05) is 11.0 Å². The summed E-state index contributed by atoms with van der Waals surface area (Å²) >= 11 is 0. The highest BCUT2D eigenvalue weighted by atomic mass is 16.2. The summed E-state index contributed by atoms with van der Waals surface area (Å²) in [4.78, 5) is 13.9. The molecule has 3 nitrogen and oxygen atoms in total. The molecule has 3 heteroatoms. The van der Waals surface area contributed by atoms with E-state index < -0.39 is 0 Å². The van der Waals surface area contributed by atoms with Crippen LogP contribution in [0, 0.1) is 19.8 Å². The Labute approximate surface area is 115 Å². The minimum atomic E-state index is 0.0934. The van der Waals surface area contributed by atoms with Crippen molar-refractivity contribution in [1.29, 1.82) is 0 Å². The number of hydrogen-bond acceptors (Lipinski definition) is 2. The monoisotopic (exact) mass is 258 g/mol. The molecule has 1 aliphatic heterocycles. The largest absolute Gasteiger partial charge is 0.339 e. The third kappa shape index (κ3) is 3.44. The highest BCUT2D eigenvalue weighted by Gasteiger charge is 2.23. The maximum absolute atomic E-state index is 12.1. The maximum atomic E-state index is 12.1. The fourth-order valence-electron chi connectivity index (χ4n) is 2.50. The number of likely N-dealkylation sites (tertiary alicyclic amines) is 1. The first-order valence-electron chi connectivity index (χ1n) is 6.84. The maximum Gasteiger partial charge on any atom is 0.246 e. The minimum absolute atomic E-state index is 0.0934. The third-order valence-electron chi connectivity index (χ3n) is 3.76. The van der Waals surface area contributed by atoms with Crippen molar-refractivity contribution in [3.63, 3.8) is 0 Å². The number of nitrogens with two attached hydrogens (primary N) is 1. The predicted molar refractivity (Wildman–Crippen MR) is 78.7 cm³/mol. The van der Waals surface area contributed by atoms with E-state index >= 15 is 0 Å². The Hall–Kier alpha value is -1.61. The Kier molecular flexibility index (Phi) is 4.38. The Bertz CT molecular complexity index is 494. The SMILES string of the molecule is Cc1ccc(C=CC(=O)N2CCC(CN)C2)c(C)c1. The molecule has 1 aromatic rings. The summed E-state index contributed by atoms with van der Waals surface area (Å²) < 4.78 is 0. The van der Waals surface area contributed by atoms with Gasteiger partial charge in [0.25, 0.3) is 0 Å². The summed E-state index contributed by atoms with van der Waals surface area (Å²) in [6.07, 6.45) is 4.61. The number of rotatable bonds is 3. The quantitative estimate of drug-likeness (QED) is 0.844. The topological polar surface area (TPSA) is 46.3 Å². The van der Waals surface area contributed by atoms with Crippen molar-refractivity contribution in [2.24, 2.45) is 11.7 Å². The van der Waals surface area contributed by atoms with Crippen molar-refractivity contribution in [3.05, 3.63) is 41.0 Å². The molecule has 1 atom stereocenters. The average molecular weight is 258 g/mol. The van der Waals surface area contributed by atoms with E-state index in [0.29, 0.717) is 12.5 Å². The zero-order valence-electron chi connectivity index (χ0n) is 11.7. The fourth-order valence-corrected chi connectivity index (χ4v) is 2.50. The molecule has 102 valence electrons. The van der Waals surface area contributed by atoms with Crippen molar-refractivity contribution in [2.45, 2.75) is 20.3 Å². The van der Waals surface area contributed by atoms with Crippen molar-refractivity contribution in [1.82, 2.24) is 4.90 Å².